The topological polar surface area (TPSA) is 107 Å². The number of nitrogens with one attached hydrogen (secondary N) is 2. The van der Waals surface area contributed by atoms with E-state index in [2.05, 4.69) is 36.5 Å². The first-order valence-corrected chi connectivity index (χ1v) is 9.87. The first-order valence-electron chi connectivity index (χ1n) is 9.07. The van der Waals surface area contributed by atoms with Crippen LogP contribution in [0.25, 0.3) is 10.9 Å². The molecule has 0 aliphatic rings. The lowest BCUT2D eigenvalue weighted by molar-refractivity contribution is -0.122. The van der Waals surface area contributed by atoms with Crippen LogP contribution in [0.1, 0.15) is 29.5 Å². The van der Waals surface area contributed by atoms with Gasteiger partial charge in [0.2, 0.25) is 11.8 Å². The summed E-state index contributed by atoms with van der Waals surface area (Å²) in [5, 5.41) is 21.1. The minimum Gasteiger partial charge on any atom is -0.493 e. The molecule has 0 radical (unpaired) electrons. The summed E-state index contributed by atoms with van der Waals surface area (Å²) in [7, 11) is 0. The fourth-order valence-corrected chi connectivity index (χ4v) is 3.49. The lowest BCUT2D eigenvalue weighted by Crippen LogP contribution is -2.13. The van der Waals surface area contributed by atoms with Crippen LogP contribution in [-0.4, -0.2) is 21.9 Å². The van der Waals surface area contributed by atoms with Gasteiger partial charge in [-0.05, 0) is 60.0 Å². The summed E-state index contributed by atoms with van der Waals surface area (Å²) >= 11 is 3.47. The van der Waals surface area contributed by atoms with Crippen molar-refractivity contribution >= 4 is 50.0 Å². The standard InChI is InChI=1S/C21H21BrN4O3/c1-11-4-6-14(13(3)10-11)23-16(27)8-9-17(28)25-26-20-18-15(24-21(20)29)7-5-12(2)19(18)22/h4-7,10,24,29H,8-9H2,1-3H3,(H,23,27). The first-order chi connectivity index (χ1) is 13.8. The number of amides is 2. The molecule has 0 aliphatic heterocycles. The van der Waals surface area contributed by atoms with Gasteiger partial charge in [0.15, 0.2) is 5.69 Å². The van der Waals surface area contributed by atoms with Gasteiger partial charge >= 0.3 is 0 Å². The van der Waals surface area contributed by atoms with Gasteiger partial charge in [0, 0.05) is 28.4 Å². The zero-order valence-corrected chi connectivity index (χ0v) is 17.9. The molecular formula is C21H21BrN4O3. The predicted octanol–water partition coefficient (Wildman–Crippen LogP) is 5.59. The number of anilines is 1. The van der Waals surface area contributed by atoms with Crippen molar-refractivity contribution in [1.29, 1.82) is 0 Å². The Kier molecular flexibility index (Phi) is 6.12. The number of fused-ring (bicyclic) bond motifs is 1. The van der Waals surface area contributed by atoms with Gasteiger partial charge < -0.3 is 15.4 Å². The fraction of sp³-hybridized carbons (Fsp3) is 0.238. The smallest absolute Gasteiger partial charge is 0.265 e. The van der Waals surface area contributed by atoms with E-state index in [4.69, 9.17) is 0 Å². The molecule has 2 amide bonds. The number of H-pyrrole nitrogens is 1. The zero-order chi connectivity index (χ0) is 21.1. The molecule has 0 fully saturated rings. The summed E-state index contributed by atoms with van der Waals surface area (Å²) in [4.78, 5) is 27.0. The second-order valence-corrected chi connectivity index (χ2v) is 7.69. The summed E-state index contributed by atoms with van der Waals surface area (Å²) < 4.78 is 0.765. The number of azo groups is 1. The van der Waals surface area contributed by atoms with Crippen LogP contribution in [-0.2, 0) is 9.59 Å². The number of benzene rings is 2. The van der Waals surface area contributed by atoms with E-state index < -0.39 is 5.91 Å². The lowest BCUT2D eigenvalue weighted by Gasteiger charge is -2.08. The van der Waals surface area contributed by atoms with Gasteiger partial charge in [-0.15, -0.1) is 10.2 Å². The molecule has 29 heavy (non-hydrogen) atoms. The lowest BCUT2D eigenvalue weighted by atomic mass is 10.1. The van der Waals surface area contributed by atoms with E-state index >= 15 is 0 Å². The molecule has 0 aliphatic carbocycles. The van der Waals surface area contributed by atoms with Crippen LogP contribution in [0.3, 0.4) is 0 Å². The van der Waals surface area contributed by atoms with Crippen molar-refractivity contribution in [1.82, 2.24) is 4.98 Å². The number of halogens is 1. The van der Waals surface area contributed by atoms with Gasteiger partial charge in [-0.25, -0.2) is 0 Å². The van der Waals surface area contributed by atoms with Crippen LogP contribution in [0.15, 0.2) is 45.0 Å². The highest BCUT2D eigenvalue weighted by molar-refractivity contribution is 9.10. The van der Waals surface area contributed by atoms with Crippen molar-refractivity contribution in [3.63, 3.8) is 0 Å². The predicted molar refractivity (Wildman–Crippen MR) is 116 cm³/mol. The van der Waals surface area contributed by atoms with Crippen molar-refractivity contribution in [2.75, 3.05) is 5.32 Å². The first kappa shape index (κ1) is 20.7. The molecule has 150 valence electrons. The second-order valence-electron chi connectivity index (χ2n) is 6.90. The number of nitrogens with zero attached hydrogens (tertiary/aromatic N) is 2. The molecule has 3 aromatic rings. The van der Waals surface area contributed by atoms with Crippen LogP contribution in [0.5, 0.6) is 5.88 Å². The van der Waals surface area contributed by atoms with Crippen molar-refractivity contribution < 1.29 is 14.7 Å². The molecule has 1 aromatic heterocycles. The third kappa shape index (κ3) is 4.71. The summed E-state index contributed by atoms with van der Waals surface area (Å²) in [5.41, 5.74) is 4.61. The Morgan fingerprint density at radius 3 is 2.59 bits per heavy atom. The number of aromatic hydroxyl groups is 1. The highest BCUT2D eigenvalue weighted by atomic mass is 79.9. The summed E-state index contributed by atoms with van der Waals surface area (Å²) in [6.45, 7) is 5.80. The third-order valence-electron chi connectivity index (χ3n) is 4.53. The number of hydrogen-bond donors (Lipinski definition) is 3. The van der Waals surface area contributed by atoms with E-state index in [1.165, 1.54) is 0 Å². The van der Waals surface area contributed by atoms with Crippen LogP contribution in [0, 0.1) is 20.8 Å². The number of carbonyl (C=O) groups is 2. The summed E-state index contributed by atoms with van der Waals surface area (Å²) in [6, 6.07) is 9.43. The molecule has 0 saturated heterocycles. The van der Waals surface area contributed by atoms with Crippen LogP contribution >= 0.6 is 15.9 Å². The van der Waals surface area contributed by atoms with Gasteiger partial charge in [-0.3, -0.25) is 9.59 Å². The number of aryl methyl sites for hydroxylation is 3. The molecule has 0 unspecified atom stereocenters. The van der Waals surface area contributed by atoms with Crippen molar-refractivity contribution in [2.45, 2.75) is 33.6 Å². The quantitative estimate of drug-likeness (QED) is 0.435. The summed E-state index contributed by atoms with van der Waals surface area (Å²) in [5.74, 6) is -0.984. The van der Waals surface area contributed by atoms with E-state index in [-0.39, 0.29) is 30.3 Å². The monoisotopic (exact) mass is 456 g/mol. The molecule has 8 heteroatoms. The van der Waals surface area contributed by atoms with Gasteiger partial charge in [0.1, 0.15) is 0 Å². The van der Waals surface area contributed by atoms with E-state index in [1.807, 2.05) is 51.1 Å². The molecular weight excluding hydrogens is 436 g/mol. The maximum absolute atomic E-state index is 12.1. The van der Waals surface area contributed by atoms with E-state index in [1.54, 1.807) is 0 Å². The normalized spacial score (nSPS) is 11.3. The van der Waals surface area contributed by atoms with Crippen molar-refractivity contribution in [3.8, 4) is 5.88 Å². The molecule has 0 atom stereocenters. The minimum atomic E-state index is -0.543. The van der Waals surface area contributed by atoms with E-state index in [9.17, 15) is 14.7 Å². The number of aromatic nitrogens is 1. The number of hydrogen-bond acceptors (Lipinski definition) is 4. The fourth-order valence-electron chi connectivity index (χ4n) is 2.96. The molecule has 0 spiro atoms. The Bertz CT molecular complexity index is 1130. The van der Waals surface area contributed by atoms with Gasteiger partial charge in [0.05, 0.1) is 5.52 Å². The van der Waals surface area contributed by atoms with Gasteiger partial charge in [-0.1, -0.05) is 23.8 Å². The number of carbonyl (C=O) groups excluding carboxylic acids is 2. The largest absolute Gasteiger partial charge is 0.493 e. The zero-order valence-electron chi connectivity index (χ0n) is 16.3. The second kappa shape index (κ2) is 8.57. The summed E-state index contributed by atoms with van der Waals surface area (Å²) in [6.07, 6.45) is -0.0859. The molecule has 7 nitrogen and oxygen atoms in total. The van der Waals surface area contributed by atoms with Crippen molar-refractivity contribution in [2.24, 2.45) is 10.2 Å². The van der Waals surface area contributed by atoms with Crippen molar-refractivity contribution in [3.05, 3.63) is 51.5 Å². The maximum atomic E-state index is 12.1. The molecule has 3 rings (SSSR count). The Labute approximate surface area is 176 Å². The molecule has 2 aromatic carbocycles. The minimum absolute atomic E-state index is 0.00611. The average Bonchev–Trinajstić information content (AvgIpc) is 2.99. The van der Waals surface area contributed by atoms with E-state index in [0.29, 0.717) is 10.9 Å². The maximum Gasteiger partial charge on any atom is 0.265 e. The van der Waals surface area contributed by atoms with E-state index in [0.717, 1.165) is 26.9 Å². The van der Waals surface area contributed by atoms with Crippen LogP contribution in [0.2, 0.25) is 0 Å². The van der Waals surface area contributed by atoms with Crippen LogP contribution in [0.4, 0.5) is 11.4 Å². The Hall–Kier alpha value is -3.00. The Morgan fingerprint density at radius 1 is 1.10 bits per heavy atom. The van der Waals surface area contributed by atoms with Crippen LogP contribution < -0.4 is 5.32 Å². The third-order valence-corrected chi connectivity index (χ3v) is 5.55. The molecule has 0 bridgehead atoms. The Morgan fingerprint density at radius 2 is 1.86 bits per heavy atom. The molecule has 0 saturated carbocycles. The highest BCUT2D eigenvalue weighted by Gasteiger charge is 2.15. The SMILES string of the molecule is Cc1ccc(NC(=O)CCC(=O)N=Nc2c(O)[nH]c3ccc(C)c(Br)c23)c(C)c1. The molecule has 1 heterocycles. The molecule has 3 N–H and O–H groups in total. The Balaban J connectivity index is 1.64. The highest BCUT2D eigenvalue weighted by Crippen LogP contribution is 2.41. The number of aromatic amines is 1. The number of rotatable bonds is 5. The van der Waals surface area contributed by atoms with Gasteiger partial charge in [-0.2, -0.15) is 0 Å². The average molecular weight is 457 g/mol. The van der Waals surface area contributed by atoms with Gasteiger partial charge in [0.25, 0.3) is 5.91 Å².